The Morgan fingerprint density at radius 3 is 1.88 bits per heavy atom. The van der Waals surface area contributed by atoms with Gasteiger partial charge < -0.3 is 14.4 Å². The fourth-order valence-electron chi connectivity index (χ4n) is 1.19. The maximum atomic E-state index is 11.4. The summed E-state index contributed by atoms with van der Waals surface area (Å²) in [6, 6.07) is 0. The van der Waals surface area contributed by atoms with Crippen LogP contribution in [0.3, 0.4) is 0 Å². The Hall–Kier alpha value is -2.04. The first-order valence-corrected chi connectivity index (χ1v) is 4.59. The monoisotopic (exact) mass is 223 g/mol. The van der Waals surface area contributed by atoms with Crippen LogP contribution in [0.4, 0.5) is 0 Å². The Labute approximate surface area is 93.6 Å². The van der Waals surface area contributed by atoms with Gasteiger partial charge in [-0.2, -0.15) is 0 Å². The van der Waals surface area contributed by atoms with Crippen LogP contribution in [-0.2, 0) is 19.1 Å². The van der Waals surface area contributed by atoms with E-state index >= 15 is 0 Å². The van der Waals surface area contributed by atoms with Crippen LogP contribution in [0.25, 0.3) is 0 Å². The molecule has 0 aromatic heterocycles. The summed E-state index contributed by atoms with van der Waals surface area (Å²) in [5.74, 6) is -1.42. The predicted octanol–water partition coefficient (Wildman–Crippen LogP) is 0.602. The summed E-state index contributed by atoms with van der Waals surface area (Å²) >= 11 is 0. The van der Waals surface area contributed by atoms with E-state index in [0.717, 1.165) is 0 Å². The normalized spacial score (nSPS) is 13.7. The third-order valence-electron chi connectivity index (χ3n) is 2.05. The average Bonchev–Trinajstić information content (AvgIpc) is 2.31. The van der Waals surface area contributed by atoms with E-state index in [4.69, 9.17) is 0 Å². The molecular weight excluding hydrogens is 210 g/mol. The highest BCUT2D eigenvalue weighted by atomic mass is 16.5. The quantitative estimate of drug-likeness (QED) is 0.297. The Balaban J connectivity index is 3.14. The zero-order valence-corrected chi connectivity index (χ0v) is 9.39. The second-order valence-electron chi connectivity index (χ2n) is 3.11. The molecule has 5 nitrogen and oxygen atoms in total. The molecule has 1 rings (SSSR count). The lowest BCUT2D eigenvalue weighted by atomic mass is 10.1. The molecule has 0 bridgehead atoms. The lowest BCUT2D eigenvalue weighted by Gasteiger charge is -2.14. The number of hydrogen-bond donors (Lipinski definition) is 0. The first-order valence-electron chi connectivity index (χ1n) is 4.59. The molecule has 0 radical (unpaired) electrons. The van der Waals surface area contributed by atoms with Gasteiger partial charge in [-0.05, 0) is 17.7 Å². The Kier molecular flexibility index (Phi) is 3.88. The Morgan fingerprint density at radius 2 is 1.50 bits per heavy atom. The van der Waals surface area contributed by atoms with Crippen molar-refractivity contribution in [2.75, 3.05) is 21.3 Å². The smallest absolute Gasteiger partial charge is 0.345 e. The third kappa shape index (κ3) is 2.50. The number of nitrogens with zero attached hydrogens (tertiary/aromatic N) is 1. The molecule has 0 fully saturated rings. The van der Waals surface area contributed by atoms with Crippen LogP contribution in [0, 0.1) is 0 Å². The van der Waals surface area contributed by atoms with Gasteiger partial charge in [0.05, 0.1) is 14.2 Å². The zero-order chi connectivity index (χ0) is 12.1. The minimum atomic E-state index is -0.708. The van der Waals surface area contributed by atoms with Crippen molar-refractivity contribution in [2.24, 2.45) is 0 Å². The van der Waals surface area contributed by atoms with Crippen LogP contribution in [0.1, 0.15) is 0 Å². The maximum Gasteiger partial charge on any atom is 0.345 e. The fourth-order valence-corrected chi connectivity index (χ4v) is 1.19. The van der Waals surface area contributed by atoms with Crippen LogP contribution in [-0.4, -0.2) is 38.1 Å². The maximum absolute atomic E-state index is 11.4. The summed E-state index contributed by atoms with van der Waals surface area (Å²) < 4.78 is 9.07. The molecule has 0 unspecified atom stereocenters. The highest BCUT2D eigenvalue weighted by Crippen LogP contribution is 2.15. The second-order valence-corrected chi connectivity index (χ2v) is 3.11. The van der Waals surface area contributed by atoms with Crippen molar-refractivity contribution >= 4 is 11.9 Å². The lowest BCUT2D eigenvalue weighted by molar-refractivity contribution is -0.144. The van der Waals surface area contributed by atoms with Gasteiger partial charge in [0.15, 0.2) is 5.57 Å². The Bertz CT molecular complexity index is 359. The van der Waals surface area contributed by atoms with Crippen LogP contribution in [0.5, 0.6) is 0 Å². The van der Waals surface area contributed by atoms with Crippen LogP contribution < -0.4 is 0 Å². The van der Waals surface area contributed by atoms with E-state index in [1.165, 1.54) is 14.2 Å². The van der Waals surface area contributed by atoms with Crippen molar-refractivity contribution in [3.05, 3.63) is 35.7 Å². The summed E-state index contributed by atoms with van der Waals surface area (Å²) in [6.07, 6.45) is 6.73. The van der Waals surface area contributed by atoms with Gasteiger partial charge in [-0.3, -0.25) is 0 Å². The van der Waals surface area contributed by atoms with Crippen molar-refractivity contribution in [2.45, 2.75) is 0 Å². The molecule has 0 spiro atoms. The molecule has 16 heavy (non-hydrogen) atoms. The fraction of sp³-hybridized carbons (Fsp3) is 0.273. The third-order valence-corrected chi connectivity index (χ3v) is 2.05. The van der Waals surface area contributed by atoms with Gasteiger partial charge in [0, 0.05) is 19.4 Å². The van der Waals surface area contributed by atoms with Gasteiger partial charge in [0.2, 0.25) is 0 Å². The van der Waals surface area contributed by atoms with Crippen molar-refractivity contribution in [1.29, 1.82) is 0 Å². The molecule has 86 valence electrons. The van der Waals surface area contributed by atoms with Gasteiger partial charge in [0.25, 0.3) is 0 Å². The first kappa shape index (κ1) is 12.0. The number of rotatable bonds is 2. The highest BCUT2D eigenvalue weighted by molar-refractivity contribution is 6.15. The molecule has 0 N–H and O–H groups in total. The minimum absolute atomic E-state index is 0.106. The molecule has 0 atom stereocenters. The molecule has 5 heteroatoms. The van der Waals surface area contributed by atoms with Crippen molar-refractivity contribution in [1.82, 2.24) is 4.90 Å². The van der Waals surface area contributed by atoms with Gasteiger partial charge in [-0.1, -0.05) is 0 Å². The van der Waals surface area contributed by atoms with Gasteiger partial charge in [-0.15, -0.1) is 0 Å². The number of methoxy groups -OCH3 is 2. The number of carbonyl (C=O) groups is 2. The van der Waals surface area contributed by atoms with Crippen LogP contribution in [0.15, 0.2) is 35.7 Å². The SMILES string of the molecule is COC(=O)C(C(=O)OC)=C1C=CN(C)C=C1. The largest absolute Gasteiger partial charge is 0.465 e. The standard InChI is InChI=1S/C11H13NO4/c1-12-6-4-8(5-7-12)9(10(13)15-2)11(14)16-3/h4-7H,1-3H3. The molecule has 1 aliphatic rings. The van der Waals surface area contributed by atoms with E-state index in [0.29, 0.717) is 5.57 Å². The number of esters is 2. The molecule has 1 heterocycles. The zero-order valence-electron chi connectivity index (χ0n) is 9.39. The van der Waals surface area contributed by atoms with Crippen molar-refractivity contribution in [3.8, 4) is 0 Å². The number of allylic oxidation sites excluding steroid dienone is 3. The summed E-state index contributed by atoms with van der Waals surface area (Å²) in [5, 5.41) is 0. The molecule has 1 aliphatic heterocycles. The van der Waals surface area contributed by atoms with E-state index in [1.54, 1.807) is 29.5 Å². The van der Waals surface area contributed by atoms with Gasteiger partial charge >= 0.3 is 11.9 Å². The molecule has 0 aromatic rings. The van der Waals surface area contributed by atoms with Crippen LogP contribution >= 0.6 is 0 Å². The molecule has 0 aliphatic carbocycles. The predicted molar refractivity (Wildman–Crippen MR) is 57.1 cm³/mol. The van der Waals surface area contributed by atoms with Crippen molar-refractivity contribution < 1.29 is 19.1 Å². The molecule has 0 amide bonds. The number of carbonyl (C=O) groups excluding carboxylic acids is 2. The van der Waals surface area contributed by atoms with E-state index < -0.39 is 11.9 Å². The lowest BCUT2D eigenvalue weighted by Crippen LogP contribution is -2.18. The van der Waals surface area contributed by atoms with E-state index in [9.17, 15) is 9.59 Å². The van der Waals surface area contributed by atoms with Crippen molar-refractivity contribution in [3.63, 3.8) is 0 Å². The van der Waals surface area contributed by atoms with E-state index in [2.05, 4.69) is 9.47 Å². The average molecular weight is 223 g/mol. The Morgan fingerprint density at radius 1 is 1.06 bits per heavy atom. The molecule has 0 saturated heterocycles. The number of ether oxygens (including phenoxy) is 2. The molecule has 0 aromatic carbocycles. The summed E-state index contributed by atoms with van der Waals surface area (Å²) in [5.41, 5.74) is 0.363. The summed E-state index contributed by atoms with van der Waals surface area (Å²) in [6.45, 7) is 0. The minimum Gasteiger partial charge on any atom is -0.465 e. The first-order chi connectivity index (χ1) is 7.60. The van der Waals surface area contributed by atoms with Gasteiger partial charge in [0.1, 0.15) is 0 Å². The topological polar surface area (TPSA) is 55.8 Å². The number of hydrogen-bond acceptors (Lipinski definition) is 5. The molecular formula is C11H13NO4. The van der Waals surface area contributed by atoms with Gasteiger partial charge in [-0.25, -0.2) is 9.59 Å². The summed E-state index contributed by atoms with van der Waals surface area (Å²) in [4.78, 5) is 24.6. The van der Waals surface area contributed by atoms with Crippen LogP contribution in [0.2, 0.25) is 0 Å². The second kappa shape index (κ2) is 5.16. The molecule has 0 saturated carbocycles. The van der Waals surface area contributed by atoms with E-state index in [1.807, 2.05) is 7.05 Å². The summed E-state index contributed by atoms with van der Waals surface area (Å²) in [7, 11) is 4.27. The highest BCUT2D eigenvalue weighted by Gasteiger charge is 2.23. The van der Waals surface area contributed by atoms with E-state index in [-0.39, 0.29) is 5.57 Å².